The van der Waals surface area contributed by atoms with Crippen LogP contribution in [0.1, 0.15) is 36.1 Å². The predicted molar refractivity (Wildman–Crippen MR) is 164 cm³/mol. The molecule has 0 radical (unpaired) electrons. The number of thioether (sulfide) groups is 1. The van der Waals surface area contributed by atoms with Crippen molar-refractivity contribution in [2.24, 2.45) is 4.99 Å². The van der Waals surface area contributed by atoms with Crippen molar-refractivity contribution >= 4 is 28.8 Å². The Hall–Kier alpha value is -4.50. The van der Waals surface area contributed by atoms with Gasteiger partial charge in [0.15, 0.2) is 16.7 Å². The molecule has 0 unspecified atom stereocenters. The standard InChI is InChI=1S/C33H33N3O5S/c1-22-30(32(38)40-4)31(25-15-16-27(28(17-25)39-3)41-20-24-13-9-6-10-14-24)36-26(21-42-33(36)34-22)18-29(37)35(2)19-23-11-7-5-8-12-23/h5-17,21,31H,18-20H2,1-4H3/t31-/m0/s1. The van der Waals surface area contributed by atoms with Crippen molar-refractivity contribution in [1.82, 2.24) is 9.80 Å². The molecule has 0 aromatic heterocycles. The fourth-order valence-corrected chi connectivity index (χ4v) is 5.96. The van der Waals surface area contributed by atoms with E-state index in [9.17, 15) is 9.59 Å². The number of esters is 1. The van der Waals surface area contributed by atoms with Crippen LogP contribution < -0.4 is 9.47 Å². The van der Waals surface area contributed by atoms with Gasteiger partial charge in [0, 0.05) is 19.3 Å². The molecule has 9 heteroatoms. The molecule has 3 aromatic carbocycles. The van der Waals surface area contributed by atoms with Gasteiger partial charge in [-0.05, 0) is 41.2 Å². The molecule has 3 aromatic rings. The highest BCUT2D eigenvalue weighted by atomic mass is 32.2. The predicted octanol–water partition coefficient (Wildman–Crippen LogP) is 6.07. The van der Waals surface area contributed by atoms with Gasteiger partial charge in [0.1, 0.15) is 6.61 Å². The van der Waals surface area contributed by atoms with Crippen LogP contribution in [0.15, 0.2) is 106 Å². The third kappa shape index (κ3) is 6.21. The minimum absolute atomic E-state index is 0.0427. The number of hydrogen-bond donors (Lipinski definition) is 0. The van der Waals surface area contributed by atoms with Gasteiger partial charge in [-0.3, -0.25) is 4.79 Å². The van der Waals surface area contributed by atoms with Crippen LogP contribution in [-0.4, -0.2) is 48.1 Å². The van der Waals surface area contributed by atoms with Crippen LogP contribution >= 0.6 is 11.8 Å². The Morgan fingerprint density at radius 2 is 1.64 bits per heavy atom. The Balaban J connectivity index is 1.44. The van der Waals surface area contributed by atoms with Crippen LogP contribution in [0, 0.1) is 0 Å². The summed E-state index contributed by atoms with van der Waals surface area (Å²) >= 11 is 1.44. The van der Waals surface area contributed by atoms with Crippen LogP contribution in [0.3, 0.4) is 0 Å². The number of amidine groups is 1. The number of allylic oxidation sites excluding steroid dienone is 1. The maximum absolute atomic E-state index is 13.4. The molecule has 0 aliphatic carbocycles. The van der Waals surface area contributed by atoms with Crippen molar-refractivity contribution in [1.29, 1.82) is 0 Å². The van der Waals surface area contributed by atoms with Gasteiger partial charge in [0.25, 0.3) is 0 Å². The molecular formula is C33H33N3O5S. The van der Waals surface area contributed by atoms with Crippen molar-refractivity contribution in [3.8, 4) is 11.5 Å². The van der Waals surface area contributed by atoms with Crippen molar-refractivity contribution in [2.45, 2.75) is 32.5 Å². The van der Waals surface area contributed by atoms with Crippen molar-refractivity contribution in [2.75, 3.05) is 21.3 Å². The monoisotopic (exact) mass is 583 g/mol. The third-order valence-corrected chi connectivity index (χ3v) is 8.06. The second-order valence-electron chi connectivity index (χ2n) is 9.98. The van der Waals surface area contributed by atoms with Gasteiger partial charge >= 0.3 is 5.97 Å². The lowest BCUT2D eigenvalue weighted by Gasteiger charge is -2.36. The molecule has 2 aliphatic heterocycles. The molecule has 0 saturated heterocycles. The van der Waals surface area contributed by atoms with Crippen molar-refractivity contribution < 1.29 is 23.8 Å². The lowest BCUT2D eigenvalue weighted by molar-refractivity contribution is -0.136. The maximum atomic E-state index is 13.4. The molecular weight excluding hydrogens is 550 g/mol. The first kappa shape index (κ1) is 29.0. The van der Waals surface area contributed by atoms with E-state index in [1.165, 1.54) is 18.9 Å². The fourth-order valence-electron chi connectivity index (χ4n) is 5.00. The van der Waals surface area contributed by atoms with Gasteiger partial charge in [-0.2, -0.15) is 0 Å². The Morgan fingerprint density at radius 1 is 0.952 bits per heavy atom. The highest BCUT2D eigenvalue weighted by Gasteiger charge is 2.41. The van der Waals surface area contributed by atoms with Gasteiger partial charge < -0.3 is 24.0 Å². The number of amides is 1. The summed E-state index contributed by atoms with van der Waals surface area (Å²) in [5.41, 5.74) is 4.59. The summed E-state index contributed by atoms with van der Waals surface area (Å²) < 4.78 is 17.0. The molecule has 0 bridgehead atoms. The van der Waals surface area contributed by atoms with Gasteiger partial charge in [0.05, 0.1) is 38.0 Å². The molecule has 0 fully saturated rings. The maximum Gasteiger partial charge on any atom is 0.338 e. The number of methoxy groups -OCH3 is 2. The number of carbonyl (C=O) groups excluding carboxylic acids is 2. The number of nitrogens with zero attached hydrogens (tertiary/aromatic N) is 3. The summed E-state index contributed by atoms with van der Waals surface area (Å²) in [6.45, 7) is 2.69. The number of aliphatic imine (C=N–C) groups is 1. The van der Waals surface area contributed by atoms with Gasteiger partial charge in [-0.1, -0.05) is 78.5 Å². The second kappa shape index (κ2) is 13.0. The molecule has 0 N–H and O–H groups in total. The fraction of sp³-hybridized carbons (Fsp3) is 0.242. The Kier molecular flexibility index (Phi) is 8.97. The van der Waals surface area contributed by atoms with Crippen LogP contribution in [0.5, 0.6) is 11.5 Å². The number of rotatable bonds is 10. The quantitative estimate of drug-likeness (QED) is 0.268. The number of hydrogen-bond acceptors (Lipinski definition) is 8. The molecule has 8 nitrogen and oxygen atoms in total. The second-order valence-corrected chi connectivity index (χ2v) is 10.8. The zero-order valence-corrected chi connectivity index (χ0v) is 24.9. The van der Waals surface area contributed by atoms with E-state index >= 15 is 0 Å². The summed E-state index contributed by atoms with van der Waals surface area (Å²) in [7, 11) is 4.74. The van der Waals surface area contributed by atoms with Crippen LogP contribution in [0.25, 0.3) is 0 Å². The molecule has 216 valence electrons. The lowest BCUT2D eigenvalue weighted by atomic mass is 9.93. The molecule has 42 heavy (non-hydrogen) atoms. The largest absolute Gasteiger partial charge is 0.493 e. The minimum atomic E-state index is -0.574. The van der Waals surface area contributed by atoms with Crippen LogP contribution in [-0.2, 0) is 27.5 Å². The zero-order valence-electron chi connectivity index (χ0n) is 24.1. The van der Waals surface area contributed by atoms with Gasteiger partial charge in [-0.25, -0.2) is 9.79 Å². The Labute approximate surface area is 250 Å². The van der Waals surface area contributed by atoms with E-state index < -0.39 is 12.0 Å². The molecule has 2 heterocycles. The Bertz CT molecular complexity index is 1550. The first-order valence-electron chi connectivity index (χ1n) is 13.5. The number of benzene rings is 3. The number of ether oxygens (including phenoxy) is 3. The normalized spacial score (nSPS) is 15.9. The molecule has 0 saturated carbocycles. The topological polar surface area (TPSA) is 80.7 Å². The van der Waals surface area contributed by atoms with Gasteiger partial charge in [0.2, 0.25) is 5.91 Å². The van der Waals surface area contributed by atoms with E-state index in [0.29, 0.717) is 41.1 Å². The first-order valence-corrected chi connectivity index (χ1v) is 14.4. The summed E-state index contributed by atoms with van der Waals surface area (Å²) in [5, 5.41) is 2.63. The summed E-state index contributed by atoms with van der Waals surface area (Å²) in [6.07, 6.45) is 0.148. The van der Waals surface area contributed by atoms with E-state index in [2.05, 4.69) is 0 Å². The summed E-state index contributed by atoms with van der Waals surface area (Å²) in [6, 6.07) is 24.8. The lowest BCUT2D eigenvalue weighted by Crippen LogP contribution is -2.38. The minimum Gasteiger partial charge on any atom is -0.493 e. The molecule has 1 amide bonds. The van der Waals surface area contributed by atoms with Crippen LogP contribution in [0.4, 0.5) is 0 Å². The average Bonchev–Trinajstić information content (AvgIpc) is 3.41. The average molecular weight is 584 g/mol. The summed E-state index contributed by atoms with van der Waals surface area (Å²) in [4.78, 5) is 34.9. The highest BCUT2D eigenvalue weighted by molar-refractivity contribution is 8.16. The number of carbonyl (C=O) groups is 2. The van der Waals surface area contributed by atoms with Crippen molar-refractivity contribution in [3.63, 3.8) is 0 Å². The summed E-state index contributed by atoms with van der Waals surface area (Å²) in [5.74, 6) is 0.594. The number of fused-ring (bicyclic) bond motifs is 1. The van der Waals surface area contributed by atoms with Crippen molar-refractivity contribution in [3.05, 3.63) is 118 Å². The molecule has 2 aliphatic rings. The molecule has 1 atom stereocenters. The van der Waals surface area contributed by atoms with E-state index in [1.807, 2.05) is 89.2 Å². The van der Waals surface area contributed by atoms with E-state index in [-0.39, 0.29) is 12.3 Å². The molecule has 5 rings (SSSR count). The van der Waals surface area contributed by atoms with E-state index in [0.717, 1.165) is 22.4 Å². The SMILES string of the molecule is COC(=O)C1=C(C)N=C2SC=C(CC(=O)N(C)Cc3ccccc3)N2[C@H]1c1ccc(OCc2ccccc2)c(OC)c1. The smallest absolute Gasteiger partial charge is 0.338 e. The van der Waals surface area contributed by atoms with E-state index in [4.69, 9.17) is 19.2 Å². The van der Waals surface area contributed by atoms with Gasteiger partial charge in [-0.15, -0.1) is 0 Å². The van der Waals surface area contributed by atoms with Crippen LogP contribution in [0.2, 0.25) is 0 Å². The zero-order chi connectivity index (χ0) is 29.6. The Morgan fingerprint density at radius 3 is 2.31 bits per heavy atom. The highest BCUT2D eigenvalue weighted by Crippen LogP contribution is 2.46. The first-order chi connectivity index (χ1) is 20.4. The third-order valence-electron chi connectivity index (χ3n) is 7.17. The molecule has 0 spiro atoms. The van der Waals surface area contributed by atoms with E-state index in [1.54, 1.807) is 26.0 Å².